The minimum atomic E-state index is -4.61. The van der Waals surface area contributed by atoms with E-state index in [1.54, 1.807) is 48.2 Å². The van der Waals surface area contributed by atoms with E-state index in [4.69, 9.17) is 5.73 Å². The number of dihydropyridines is 1. The molecule has 8 nitrogen and oxygen atoms in total. The van der Waals surface area contributed by atoms with Crippen LogP contribution in [0.2, 0.25) is 0 Å². The third-order valence-electron chi connectivity index (χ3n) is 6.13. The number of benzene rings is 2. The Hall–Kier alpha value is -4.82. The molecule has 11 heteroatoms. The van der Waals surface area contributed by atoms with Crippen LogP contribution in [-0.4, -0.2) is 33.2 Å². The molecule has 0 aliphatic carbocycles. The van der Waals surface area contributed by atoms with E-state index >= 15 is 0 Å². The Morgan fingerprint density at radius 1 is 1.13 bits per heavy atom. The van der Waals surface area contributed by atoms with E-state index in [9.17, 15) is 18.0 Å². The maximum Gasteiger partial charge on any atom is 0.416 e. The molecule has 3 aromatic rings. The summed E-state index contributed by atoms with van der Waals surface area (Å²) in [5.74, 6) is 5.73. The van der Waals surface area contributed by atoms with Gasteiger partial charge in [-0.15, -0.1) is 10.2 Å². The molecule has 3 heterocycles. The fourth-order valence-corrected chi connectivity index (χ4v) is 4.18. The molecule has 1 amide bonds. The summed E-state index contributed by atoms with van der Waals surface area (Å²) in [6.45, 7) is 1.93. The van der Waals surface area contributed by atoms with Gasteiger partial charge in [-0.05, 0) is 54.3 Å². The summed E-state index contributed by atoms with van der Waals surface area (Å²) < 4.78 is 43.1. The number of halogens is 3. The number of hydrogen-bond acceptors (Lipinski definition) is 6. The molecule has 1 unspecified atom stereocenters. The van der Waals surface area contributed by atoms with Crippen molar-refractivity contribution in [3.05, 3.63) is 94.6 Å². The van der Waals surface area contributed by atoms with Gasteiger partial charge in [-0.25, -0.2) is 9.98 Å². The van der Waals surface area contributed by atoms with Gasteiger partial charge in [0, 0.05) is 42.3 Å². The number of hydrogen-bond donors (Lipinski definition) is 2. The maximum atomic E-state index is 13.9. The lowest BCUT2D eigenvalue weighted by molar-refractivity contribution is -0.138. The first-order valence-corrected chi connectivity index (χ1v) is 11.9. The predicted molar refractivity (Wildman–Crippen MR) is 143 cm³/mol. The Bertz CT molecular complexity index is 1630. The number of anilines is 1. The highest BCUT2D eigenvalue weighted by molar-refractivity contribution is 6.21. The number of allylic oxidation sites excluding steroid dienone is 1. The van der Waals surface area contributed by atoms with Gasteiger partial charge < -0.3 is 15.6 Å². The largest absolute Gasteiger partial charge is 0.416 e. The quantitative estimate of drug-likeness (QED) is 0.480. The third-order valence-corrected chi connectivity index (χ3v) is 6.13. The van der Waals surface area contributed by atoms with Crippen molar-refractivity contribution in [3.8, 4) is 11.8 Å². The highest BCUT2D eigenvalue weighted by Gasteiger charge is 2.34. The normalized spacial score (nSPS) is 15.8. The molecule has 0 radical (unpaired) electrons. The first-order valence-electron chi connectivity index (χ1n) is 11.9. The zero-order chi connectivity index (χ0) is 27.6. The summed E-state index contributed by atoms with van der Waals surface area (Å²) in [7, 11) is 0. The van der Waals surface area contributed by atoms with E-state index in [1.165, 1.54) is 18.5 Å². The van der Waals surface area contributed by atoms with E-state index in [0.29, 0.717) is 28.4 Å². The molecule has 0 fully saturated rings. The van der Waals surface area contributed by atoms with Crippen molar-refractivity contribution >= 4 is 29.4 Å². The van der Waals surface area contributed by atoms with Crippen LogP contribution in [0.5, 0.6) is 0 Å². The Morgan fingerprint density at radius 2 is 1.95 bits per heavy atom. The van der Waals surface area contributed by atoms with Gasteiger partial charge in [-0.1, -0.05) is 24.1 Å². The SMILES string of the molecule is Cc1cn(Cc2ccc(NC(=O)c3ccc(CN)c(C#CC4=NN=C5N=CC=CC45)c3)cc2C(F)(F)F)cn1. The minimum Gasteiger partial charge on any atom is -0.333 e. The number of nitrogens with two attached hydrogens (primary N) is 1. The summed E-state index contributed by atoms with van der Waals surface area (Å²) in [5, 5.41) is 10.7. The minimum absolute atomic E-state index is 0.00663. The molecule has 2 aliphatic heterocycles. The van der Waals surface area contributed by atoms with E-state index in [2.05, 4.69) is 37.3 Å². The second-order valence-corrected chi connectivity index (χ2v) is 8.92. The number of aromatic nitrogens is 2. The average molecular weight is 530 g/mol. The number of aliphatic imine (C=N–C) groups is 1. The average Bonchev–Trinajstić information content (AvgIpc) is 3.53. The van der Waals surface area contributed by atoms with Gasteiger partial charge in [0.2, 0.25) is 0 Å². The Balaban J connectivity index is 1.37. The summed E-state index contributed by atoms with van der Waals surface area (Å²) in [4.78, 5) is 21.2. The first-order chi connectivity index (χ1) is 18.7. The van der Waals surface area contributed by atoms with Crippen LogP contribution in [-0.2, 0) is 19.3 Å². The van der Waals surface area contributed by atoms with Crippen molar-refractivity contribution in [2.45, 2.75) is 26.2 Å². The number of amidine groups is 1. The fraction of sp³-hybridized carbons (Fsp3) is 0.179. The van der Waals surface area contributed by atoms with Crippen molar-refractivity contribution in [2.24, 2.45) is 26.8 Å². The predicted octanol–water partition coefficient (Wildman–Crippen LogP) is 4.35. The molecular formula is C28H22F3N7O. The zero-order valence-electron chi connectivity index (χ0n) is 20.7. The lowest BCUT2D eigenvalue weighted by Crippen LogP contribution is -2.17. The number of aryl methyl sites for hydroxylation is 1. The van der Waals surface area contributed by atoms with Crippen molar-refractivity contribution in [1.82, 2.24) is 9.55 Å². The highest BCUT2D eigenvalue weighted by Crippen LogP contribution is 2.34. The number of fused-ring (bicyclic) bond motifs is 1. The second-order valence-electron chi connectivity index (χ2n) is 8.92. The number of imidazole rings is 1. The molecule has 1 aromatic heterocycles. The summed E-state index contributed by atoms with van der Waals surface area (Å²) >= 11 is 0. The summed E-state index contributed by atoms with van der Waals surface area (Å²) in [6.07, 6.45) is 3.83. The smallest absolute Gasteiger partial charge is 0.333 e. The molecule has 39 heavy (non-hydrogen) atoms. The van der Waals surface area contributed by atoms with E-state index in [0.717, 1.165) is 6.07 Å². The number of rotatable bonds is 5. The van der Waals surface area contributed by atoms with Crippen molar-refractivity contribution in [2.75, 3.05) is 5.32 Å². The van der Waals surface area contributed by atoms with E-state index < -0.39 is 17.6 Å². The van der Waals surface area contributed by atoms with Crippen LogP contribution >= 0.6 is 0 Å². The van der Waals surface area contributed by atoms with Crippen molar-refractivity contribution in [3.63, 3.8) is 0 Å². The lowest BCUT2D eigenvalue weighted by Gasteiger charge is -2.16. The standard InChI is InChI=1S/C28H22F3N7O/c1-17-14-38(16-34-17)15-21-6-8-22(12-24(21)28(29,30)31)35-27(39)19-4-5-20(13-32)18(11-19)7-9-25-23-3-2-10-33-26(23)37-36-25/h2-6,8,10-12,14,16,23H,13,15,32H2,1H3,(H,35,39). The number of nitrogens with zero attached hydrogens (tertiary/aromatic N) is 5. The van der Waals surface area contributed by atoms with Gasteiger partial charge in [0.15, 0.2) is 5.84 Å². The van der Waals surface area contributed by atoms with Crippen molar-refractivity contribution < 1.29 is 18.0 Å². The monoisotopic (exact) mass is 529 g/mol. The Labute approximate surface area is 221 Å². The summed E-state index contributed by atoms with van der Waals surface area (Å²) in [6, 6.07) is 8.50. The van der Waals surface area contributed by atoms with Crippen LogP contribution in [0.15, 0.2) is 76.3 Å². The van der Waals surface area contributed by atoms with Gasteiger partial charge in [-0.3, -0.25) is 4.79 Å². The topological polar surface area (TPSA) is 110 Å². The molecular weight excluding hydrogens is 507 g/mol. The molecule has 3 N–H and O–H groups in total. The maximum absolute atomic E-state index is 13.9. The number of carbonyl (C=O) groups excluding carboxylic acids is 1. The van der Waals surface area contributed by atoms with E-state index in [-0.39, 0.29) is 35.8 Å². The van der Waals surface area contributed by atoms with E-state index in [1.807, 2.05) is 6.08 Å². The number of carbonyl (C=O) groups is 1. The van der Waals surface area contributed by atoms with Crippen LogP contribution in [0.4, 0.5) is 18.9 Å². The van der Waals surface area contributed by atoms with Gasteiger partial charge in [0.1, 0.15) is 5.71 Å². The Morgan fingerprint density at radius 3 is 2.69 bits per heavy atom. The number of nitrogens with one attached hydrogen (secondary N) is 1. The van der Waals surface area contributed by atoms with Crippen LogP contribution in [0.1, 0.15) is 38.3 Å². The van der Waals surface area contributed by atoms with Crippen LogP contribution < -0.4 is 11.1 Å². The number of amides is 1. The molecule has 2 aromatic carbocycles. The summed E-state index contributed by atoms with van der Waals surface area (Å²) in [5.41, 5.74) is 7.74. The van der Waals surface area contributed by atoms with Gasteiger partial charge >= 0.3 is 6.18 Å². The second kappa shape index (κ2) is 10.5. The molecule has 2 aliphatic rings. The molecule has 0 bridgehead atoms. The molecule has 0 spiro atoms. The Kier molecular flexibility index (Phi) is 6.96. The highest BCUT2D eigenvalue weighted by atomic mass is 19.4. The number of alkyl halides is 3. The molecule has 0 saturated carbocycles. The zero-order valence-corrected chi connectivity index (χ0v) is 20.7. The fourth-order valence-electron chi connectivity index (χ4n) is 4.18. The van der Waals surface area contributed by atoms with Crippen LogP contribution in [0.3, 0.4) is 0 Å². The molecule has 0 saturated heterocycles. The van der Waals surface area contributed by atoms with Gasteiger partial charge in [0.25, 0.3) is 5.91 Å². The molecule has 5 rings (SSSR count). The van der Waals surface area contributed by atoms with Crippen LogP contribution in [0.25, 0.3) is 0 Å². The van der Waals surface area contributed by atoms with Gasteiger partial charge in [-0.2, -0.15) is 13.2 Å². The third kappa shape index (κ3) is 5.71. The first kappa shape index (κ1) is 25.8. The molecule has 1 atom stereocenters. The molecule has 196 valence electrons. The van der Waals surface area contributed by atoms with Crippen LogP contribution in [0, 0.1) is 24.7 Å². The lowest BCUT2D eigenvalue weighted by atomic mass is 9.99. The van der Waals surface area contributed by atoms with Gasteiger partial charge in [0.05, 0.1) is 23.5 Å². The van der Waals surface area contributed by atoms with Crippen molar-refractivity contribution in [1.29, 1.82) is 0 Å².